The fourth-order valence-electron chi connectivity index (χ4n) is 5.54. The van der Waals surface area contributed by atoms with E-state index in [0.717, 1.165) is 30.0 Å². The second-order valence-corrected chi connectivity index (χ2v) is 7.66. The van der Waals surface area contributed by atoms with Gasteiger partial charge in [-0.15, -0.1) is 0 Å². The lowest BCUT2D eigenvalue weighted by Crippen LogP contribution is -2.48. The Morgan fingerprint density at radius 2 is 1.70 bits per heavy atom. The summed E-state index contributed by atoms with van der Waals surface area (Å²) >= 11 is 0. The molecule has 0 atom stereocenters. The fourth-order valence-corrected chi connectivity index (χ4v) is 5.54. The zero-order chi connectivity index (χ0) is 13.6. The van der Waals surface area contributed by atoms with Gasteiger partial charge in [0.05, 0.1) is 13.2 Å². The minimum atomic E-state index is 0.523. The van der Waals surface area contributed by atoms with Crippen LogP contribution in [0.4, 0.5) is 5.69 Å². The van der Waals surface area contributed by atoms with Crippen molar-refractivity contribution in [2.75, 3.05) is 12.3 Å². The van der Waals surface area contributed by atoms with Crippen molar-refractivity contribution >= 4 is 5.69 Å². The van der Waals surface area contributed by atoms with Gasteiger partial charge in [0.15, 0.2) is 0 Å². The van der Waals surface area contributed by atoms with Gasteiger partial charge >= 0.3 is 0 Å². The molecule has 4 aliphatic rings. The highest BCUT2D eigenvalue weighted by atomic mass is 16.5. The molecule has 0 spiro atoms. The van der Waals surface area contributed by atoms with Crippen molar-refractivity contribution in [1.29, 1.82) is 0 Å². The van der Waals surface area contributed by atoms with Crippen molar-refractivity contribution in [2.24, 2.45) is 23.2 Å². The minimum Gasteiger partial charge on any atom is -0.399 e. The molecular weight excluding hydrogens is 246 g/mol. The summed E-state index contributed by atoms with van der Waals surface area (Å²) in [6.45, 7) is 1.68. The molecule has 20 heavy (non-hydrogen) atoms. The van der Waals surface area contributed by atoms with Crippen LogP contribution in [-0.2, 0) is 11.3 Å². The summed E-state index contributed by atoms with van der Waals surface area (Å²) in [5, 5.41) is 0. The third kappa shape index (κ3) is 2.35. The number of nitrogens with two attached hydrogens (primary N) is 1. The predicted octanol–water partition coefficient (Wildman–Crippen LogP) is 4.00. The molecule has 0 aromatic heterocycles. The van der Waals surface area contributed by atoms with E-state index >= 15 is 0 Å². The van der Waals surface area contributed by atoms with E-state index in [2.05, 4.69) is 6.07 Å². The molecule has 2 N–H and O–H groups in total. The zero-order valence-electron chi connectivity index (χ0n) is 12.2. The Bertz CT molecular complexity index is 461. The molecule has 0 aliphatic heterocycles. The summed E-state index contributed by atoms with van der Waals surface area (Å²) in [6.07, 6.45) is 8.80. The van der Waals surface area contributed by atoms with E-state index < -0.39 is 0 Å². The number of hydrogen-bond donors (Lipinski definition) is 1. The summed E-state index contributed by atoms with van der Waals surface area (Å²) in [4.78, 5) is 0. The van der Waals surface area contributed by atoms with Crippen molar-refractivity contribution in [1.82, 2.24) is 0 Å². The second kappa shape index (κ2) is 4.77. The number of hydrogen-bond acceptors (Lipinski definition) is 2. The van der Waals surface area contributed by atoms with Crippen molar-refractivity contribution in [3.05, 3.63) is 29.8 Å². The average Bonchev–Trinajstić information content (AvgIpc) is 2.36. The number of anilines is 1. The van der Waals surface area contributed by atoms with E-state index in [4.69, 9.17) is 10.5 Å². The first-order chi connectivity index (χ1) is 9.71. The molecule has 4 fully saturated rings. The highest BCUT2D eigenvalue weighted by Gasteiger charge is 2.50. The molecule has 0 amide bonds. The predicted molar refractivity (Wildman–Crippen MR) is 81.1 cm³/mol. The van der Waals surface area contributed by atoms with Gasteiger partial charge in [0.2, 0.25) is 0 Å². The molecule has 1 aromatic rings. The van der Waals surface area contributed by atoms with Crippen molar-refractivity contribution in [3.8, 4) is 0 Å². The van der Waals surface area contributed by atoms with E-state index in [0.29, 0.717) is 12.0 Å². The Hall–Kier alpha value is -1.02. The summed E-state index contributed by atoms with van der Waals surface area (Å²) < 4.78 is 6.10. The van der Waals surface area contributed by atoms with E-state index in [1.165, 1.54) is 44.1 Å². The Labute approximate surface area is 121 Å². The monoisotopic (exact) mass is 271 g/mol. The Balaban J connectivity index is 1.37. The Morgan fingerprint density at radius 1 is 1.05 bits per heavy atom. The smallest absolute Gasteiger partial charge is 0.0717 e. The molecule has 108 valence electrons. The van der Waals surface area contributed by atoms with Crippen LogP contribution in [0, 0.1) is 23.2 Å². The molecule has 2 nitrogen and oxygen atoms in total. The first kappa shape index (κ1) is 12.7. The van der Waals surface area contributed by atoms with Crippen molar-refractivity contribution in [2.45, 2.75) is 45.1 Å². The largest absolute Gasteiger partial charge is 0.399 e. The van der Waals surface area contributed by atoms with Gasteiger partial charge in [-0.2, -0.15) is 0 Å². The van der Waals surface area contributed by atoms with E-state index in [-0.39, 0.29) is 0 Å². The standard InChI is InChI=1S/C18H25NO/c19-17-3-1-2-13(7-17)11-20-12-18-8-14-4-15(9-18)6-16(5-14)10-18/h1-3,7,14-16H,4-6,8-12,19H2. The highest BCUT2D eigenvalue weighted by molar-refractivity contribution is 5.40. The second-order valence-electron chi connectivity index (χ2n) is 7.66. The molecule has 0 radical (unpaired) electrons. The highest BCUT2D eigenvalue weighted by Crippen LogP contribution is 2.60. The molecule has 4 aliphatic carbocycles. The van der Waals surface area contributed by atoms with Crippen LogP contribution in [0.2, 0.25) is 0 Å². The molecule has 4 bridgehead atoms. The lowest BCUT2D eigenvalue weighted by atomic mass is 9.50. The van der Waals surface area contributed by atoms with Gasteiger partial charge in [0.25, 0.3) is 0 Å². The molecule has 4 saturated carbocycles. The third-order valence-electron chi connectivity index (χ3n) is 5.79. The van der Waals surface area contributed by atoms with Crippen LogP contribution < -0.4 is 5.73 Å². The minimum absolute atomic E-state index is 0.523. The molecule has 2 heteroatoms. The SMILES string of the molecule is Nc1cccc(COCC23CC4CC(CC(C4)C2)C3)c1. The van der Waals surface area contributed by atoms with Crippen LogP contribution in [0.25, 0.3) is 0 Å². The lowest BCUT2D eigenvalue weighted by Gasteiger charge is -2.56. The summed E-state index contributed by atoms with van der Waals surface area (Å²) in [5.74, 6) is 3.03. The lowest BCUT2D eigenvalue weighted by molar-refractivity contribution is -0.0994. The first-order valence-electron chi connectivity index (χ1n) is 8.13. The summed E-state index contributed by atoms with van der Waals surface area (Å²) in [5.41, 5.74) is 8.38. The Morgan fingerprint density at radius 3 is 2.30 bits per heavy atom. The number of rotatable bonds is 4. The Kier molecular flexibility index (Phi) is 3.03. The van der Waals surface area contributed by atoms with Crippen LogP contribution in [-0.4, -0.2) is 6.61 Å². The quantitative estimate of drug-likeness (QED) is 0.840. The molecular formula is C18H25NO. The number of ether oxygens (including phenoxy) is 1. The van der Waals surface area contributed by atoms with Crippen LogP contribution in [0.15, 0.2) is 24.3 Å². The number of benzene rings is 1. The van der Waals surface area contributed by atoms with Gasteiger partial charge in [-0.25, -0.2) is 0 Å². The van der Waals surface area contributed by atoms with Crippen LogP contribution in [0.1, 0.15) is 44.1 Å². The van der Waals surface area contributed by atoms with Gasteiger partial charge < -0.3 is 10.5 Å². The van der Waals surface area contributed by atoms with E-state index in [1.54, 1.807) is 0 Å². The van der Waals surface area contributed by atoms with Gasteiger partial charge in [-0.05, 0) is 79.4 Å². The van der Waals surface area contributed by atoms with Gasteiger partial charge in [-0.3, -0.25) is 0 Å². The topological polar surface area (TPSA) is 35.2 Å². The summed E-state index contributed by atoms with van der Waals surface area (Å²) in [6, 6.07) is 8.08. The zero-order valence-corrected chi connectivity index (χ0v) is 12.2. The normalized spacial score (nSPS) is 38.3. The number of nitrogen functional groups attached to an aromatic ring is 1. The van der Waals surface area contributed by atoms with E-state index in [9.17, 15) is 0 Å². The van der Waals surface area contributed by atoms with Gasteiger partial charge in [0.1, 0.15) is 0 Å². The average molecular weight is 271 g/mol. The van der Waals surface area contributed by atoms with Crippen LogP contribution in [0.3, 0.4) is 0 Å². The summed E-state index contributed by atoms with van der Waals surface area (Å²) in [7, 11) is 0. The van der Waals surface area contributed by atoms with Crippen LogP contribution in [0.5, 0.6) is 0 Å². The van der Waals surface area contributed by atoms with Crippen molar-refractivity contribution in [3.63, 3.8) is 0 Å². The third-order valence-corrected chi connectivity index (χ3v) is 5.79. The van der Waals surface area contributed by atoms with Crippen molar-refractivity contribution < 1.29 is 4.74 Å². The van der Waals surface area contributed by atoms with Gasteiger partial charge in [0, 0.05) is 5.69 Å². The maximum Gasteiger partial charge on any atom is 0.0717 e. The molecule has 1 aromatic carbocycles. The van der Waals surface area contributed by atoms with Crippen LogP contribution >= 0.6 is 0 Å². The maximum atomic E-state index is 6.10. The molecule has 0 saturated heterocycles. The maximum absolute atomic E-state index is 6.10. The van der Waals surface area contributed by atoms with E-state index in [1.807, 2.05) is 18.2 Å². The molecule has 0 heterocycles. The van der Waals surface area contributed by atoms with Gasteiger partial charge in [-0.1, -0.05) is 12.1 Å². The molecule has 0 unspecified atom stereocenters. The first-order valence-corrected chi connectivity index (χ1v) is 8.13. The molecule has 5 rings (SSSR count). The fraction of sp³-hybridized carbons (Fsp3) is 0.667.